The summed E-state index contributed by atoms with van der Waals surface area (Å²) in [5.74, 6) is 0. The molecule has 1 aromatic carbocycles. The molecule has 1 rings (SSSR count). The first-order valence-electron chi connectivity index (χ1n) is 5.16. The van der Waals surface area contributed by atoms with E-state index < -0.39 is 10.5 Å². The third kappa shape index (κ3) is 3.51. The van der Waals surface area contributed by atoms with Gasteiger partial charge in [0.2, 0.25) is 0 Å². The minimum absolute atomic E-state index is 0.0458. The van der Waals surface area contributed by atoms with Gasteiger partial charge in [0.1, 0.15) is 5.54 Å². The van der Waals surface area contributed by atoms with Crippen LogP contribution in [0.15, 0.2) is 23.3 Å². The van der Waals surface area contributed by atoms with Crippen LogP contribution in [0.4, 0.5) is 11.4 Å². The van der Waals surface area contributed by atoms with Gasteiger partial charge in [0.05, 0.1) is 4.92 Å². The molecule has 0 bridgehead atoms. The summed E-state index contributed by atoms with van der Waals surface area (Å²) in [5.41, 5.74) is -0.131. The van der Waals surface area contributed by atoms with Crippen LogP contribution in [0.25, 0.3) is 0 Å². The molecule has 92 valence electrons. The topological polar surface area (TPSA) is 81.6 Å². The Kier molecular flexibility index (Phi) is 3.45. The summed E-state index contributed by atoms with van der Waals surface area (Å²) in [6.45, 7) is 6.97. The molecule has 0 aliphatic rings. The van der Waals surface area contributed by atoms with Gasteiger partial charge in [0, 0.05) is 12.1 Å². The maximum atomic E-state index is 11.7. The fourth-order valence-electron chi connectivity index (χ4n) is 1.27. The predicted molar refractivity (Wildman–Crippen MR) is 63.3 cm³/mol. The lowest BCUT2D eigenvalue weighted by atomic mass is 10.1. The minimum atomic E-state index is -0.583. The maximum absolute atomic E-state index is 11.7. The van der Waals surface area contributed by atoms with Gasteiger partial charge in [-0.1, -0.05) is 6.07 Å². The molecule has 6 heteroatoms. The molecule has 0 aliphatic heterocycles. The normalized spacial score (nSPS) is 12.6. The third-order valence-electron chi connectivity index (χ3n) is 1.92. The van der Waals surface area contributed by atoms with Crippen LogP contribution < -0.4 is 0 Å². The minimum Gasteiger partial charge on any atom is -0.594 e. The molecule has 0 heterocycles. The number of azo groups is 1. The van der Waals surface area contributed by atoms with Crippen LogP contribution in [-0.2, 0) is 0 Å². The molecule has 0 aromatic heterocycles. The summed E-state index contributed by atoms with van der Waals surface area (Å²) in [4.78, 5) is 10.6. The standard InChI is InChI=1S/C11H15N3O3/c1-8-5-6-9(10(7-8)14(16)17)13(15)12-11(2,3)4/h5-7H,1-4H3. The lowest BCUT2D eigenvalue weighted by Crippen LogP contribution is -2.13. The molecule has 0 N–H and O–H groups in total. The van der Waals surface area contributed by atoms with Gasteiger partial charge in [0.15, 0.2) is 0 Å². The Morgan fingerprint density at radius 3 is 2.24 bits per heavy atom. The average molecular weight is 237 g/mol. The van der Waals surface area contributed by atoms with Gasteiger partial charge in [-0.15, -0.1) is 0 Å². The highest BCUT2D eigenvalue weighted by atomic mass is 16.6. The van der Waals surface area contributed by atoms with E-state index in [1.165, 1.54) is 12.1 Å². The number of hydrogen-bond donors (Lipinski definition) is 0. The monoisotopic (exact) mass is 237 g/mol. The van der Waals surface area contributed by atoms with Crippen molar-refractivity contribution >= 4 is 11.4 Å². The summed E-state index contributed by atoms with van der Waals surface area (Å²) in [5, 5.41) is 26.4. The van der Waals surface area contributed by atoms with Crippen LogP contribution in [-0.4, -0.2) is 15.3 Å². The second kappa shape index (κ2) is 4.48. The van der Waals surface area contributed by atoms with E-state index >= 15 is 0 Å². The molecule has 0 atom stereocenters. The van der Waals surface area contributed by atoms with Crippen molar-refractivity contribution in [2.75, 3.05) is 0 Å². The number of rotatable bonds is 2. The highest BCUT2D eigenvalue weighted by molar-refractivity contribution is 5.53. The van der Waals surface area contributed by atoms with Crippen LogP contribution in [0.1, 0.15) is 26.3 Å². The summed E-state index contributed by atoms with van der Waals surface area (Å²) in [6, 6.07) is 4.42. The van der Waals surface area contributed by atoms with Crippen LogP contribution in [0, 0.1) is 22.2 Å². The number of nitro benzene ring substituents is 1. The van der Waals surface area contributed by atoms with Crippen molar-refractivity contribution in [3.8, 4) is 0 Å². The highest BCUT2D eigenvalue weighted by Crippen LogP contribution is 2.28. The third-order valence-corrected chi connectivity index (χ3v) is 1.92. The summed E-state index contributed by atoms with van der Waals surface area (Å²) < 4.78 is 0. The van der Waals surface area contributed by atoms with E-state index in [0.29, 0.717) is 4.86 Å². The fourth-order valence-corrected chi connectivity index (χ4v) is 1.27. The van der Waals surface area contributed by atoms with Crippen molar-refractivity contribution in [2.45, 2.75) is 33.2 Å². The molecule has 0 saturated heterocycles. The Balaban J connectivity index is 3.32. The summed E-state index contributed by atoms with van der Waals surface area (Å²) in [7, 11) is 0. The number of aryl methyl sites for hydroxylation is 1. The van der Waals surface area contributed by atoms with Gasteiger partial charge in [-0.3, -0.25) is 10.1 Å². The van der Waals surface area contributed by atoms with Crippen LogP contribution in [0.3, 0.4) is 0 Å². The molecule has 0 aliphatic carbocycles. The Morgan fingerprint density at radius 1 is 1.18 bits per heavy atom. The average Bonchev–Trinajstić information content (AvgIpc) is 2.14. The van der Waals surface area contributed by atoms with Crippen molar-refractivity contribution in [3.63, 3.8) is 0 Å². The Labute approximate surface area is 99.3 Å². The molecule has 0 amide bonds. The van der Waals surface area contributed by atoms with Gasteiger partial charge >= 0.3 is 11.4 Å². The SMILES string of the molecule is Cc1ccc([N+]([O-])=NC(C)(C)C)c([N+](=O)[O-])c1. The molecular weight excluding hydrogens is 222 g/mol. The first-order chi connectivity index (χ1) is 7.70. The van der Waals surface area contributed by atoms with E-state index in [9.17, 15) is 15.3 Å². The quantitative estimate of drug-likeness (QED) is 0.342. The molecule has 0 radical (unpaired) electrons. The van der Waals surface area contributed by atoms with E-state index in [-0.39, 0.29) is 11.4 Å². The molecular formula is C11H15N3O3. The first kappa shape index (κ1) is 13.1. The van der Waals surface area contributed by atoms with Gasteiger partial charge < -0.3 is 5.21 Å². The van der Waals surface area contributed by atoms with Crippen molar-refractivity contribution in [1.29, 1.82) is 0 Å². The van der Waals surface area contributed by atoms with Crippen LogP contribution in [0.5, 0.6) is 0 Å². The van der Waals surface area contributed by atoms with Gasteiger partial charge in [-0.25, -0.2) is 0 Å². The number of hydrogen-bond acceptors (Lipinski definition) is 4. The van der Waals surface area contributed by atoms with E-state index in [1.807, 2.05) is 0 Å². The van der Waals surface area contributed by atoms with Gasteiger partial charge in [-0.2, -0.15) is 0 Å². The van der Waals surface area contributed by atoms with E-state index in [0.717, 1.165) is 5.56 Å². The fraction of sp³-hybridized carbons (Fsp3) is 0.455. The van der Waals surface area contributed by atoms with Crippen molar-refractivity contribution in [3.05, 3.63) is 39.1 Å². The Bertz CT molecular complexity index is 475. The second-order valence-corrected chi connectivity index (χ2v) is 4.79. The van der Waals surface area contributed by atoms with Crippen LogP contribution in [0.2, 0.25) is 0 Å². The zero-order chi connectivity index (χ0) is 13.2. The van der Waals surface area contributed by atoms with Crippen molar-refractivity contribution < 1.29 is 9.78 Å². The number of benzene rings is 1. The molecule has 0 fully saturated rings. The van der Waals surface area contributed by atoms with Gasteiger partial charge in [0.25, 0.3) is 0 Å². The Morgan fingerprint density at radius 2 is 1.76 bits per heavy atom. The van der Waals surface area contributed by atoms with Crippen LogP contribution >= 0.6 is 0 Å². The van der Waals surface area contributed by atoms with Crippen molar-refractivity contribution in [1.82, 2.24) is 0 Å². The van der Waals surface area contributed by atoms with E-state index in [1.54, 1.807) is 33.8 Å². The number of nitrogens with zero attached hydrogens (tertiary/aromatic N) is 3. The van der Waals surface area contributed by atoms with Gasteiger partial charge in [-0.05, 0) is 43.2 Å². The number of nitro groups is 1. The lowest BCUT2D eigenvalue weighted by molar-refractivity contribution is -0.465. The predicted octanol–water partition coefficient (Wildman–Crippen LogP) is 3.30. The molecule has 0 unspecified atom stereocenters. The largest absolute Gasteiger partial charge is 0.594 e. The molecule has 6 nitrogen and oxygen atoms in total. The summed E-state index contributed by atoms with van der Waals surface area (Å²) >= 11 is 0. The first-order valence-corrected chi connectivity index (χ1v) is 5.16. The molecule has 0 saturated carbocycles. The van der Waals surface area contributed by atoms with E-state index in [2.05, 4.69) is 5.11 Å². The maximum Gasteiger partial charge on any atom is 0.344 e. The smallest absolute Gasteiger partial charge is 0.344 e. The second-order valence-electron chi connectivity index (χ2n) is 4.79. The Hall–Kier alpha value is -1.98. The van der Waals surface area contributed by atoms with Crippen molar-refractivity contribution in [2.24, 2.45) is 5.11 Å². The molecule has 0 spiro atoms. The van der Waals surface area contributed by atoms with E-state index in [4.69, 9.17) is 0 Å². The zero-order valence-corrected chi connectivity index (χ0v) is 10.3. The summed E-state index contributed by atoms with van der Waals surface area (Å²) in [6.07, 6.45) is 0. The zero-order valence-electron chi connectivity index (χ0n) is 10.3. The highest BCUT2D eigenvalue weighted by Gasteiger charge is 2.24. The molecule has 17 heavy (non-hydrogen) atoms. The molecule has 1 aromatic rings. The lowest BCUT2D eigenvalue weighted by Gasteiger charge is -2.09.